The van der Waals surface area contributed by atoms with Gasteiger partial charge in [-0.2, -0.15) is 13.2 Å². The molecule has 2 aliphatic carbocycles. The molecule has 0 spiro atoms. The van der Waals surface area contributed by atoms with Crippen molar-refractivity contribution in [3.63, 3.8) is 0 Å². The van der Waals surface area contributed by atoms with Crippen molar-refractivity contribution in [2.24, 2.45) is 0 Å². The lowest BCUT2D eigenvalue weighted by Gasteiger charge is -2.25. The summed E-state index contributed by atoms with van der Waals surface area (Å²) in [7, 11) is 1.24. The maximum atomic E-state index is 12.9. The zero-order chi connectivity index (χ0) is 15.2. The van der Waals surface area contributed by atoms with Gasteiger partial charge in [0.2, 0.25) is 0 Å². The summed E-state index contributed by atoms with van der Waals surface area (Å²) >= 11 is 5.82. The van der Waals surface area contributed by atoms with E-state index in [-0.39, 0.29) is 5.56 Å². The van der Waals surface area contributed by atoms with Gasteiger partial charge in [0.1, 0.15) is 11.0 Å². The van der Waals surface area contributed by atoms with Gasteiger partial charge in [-0.05, 0) is 73.0 Å². The van der Waals surface area contributed by atoms with Crippen molar-refractivity contribution in [3.05, 3.63) is 22.3 Å². The van der Waals surface area contributed by atoms with Gasteiger partial charge in [-0.3, -0.25) is 0 Å². The van der Waals surface area contributed by atoms with Crippen LogP contribution >= 0.6 is 29.1 Å². The van der Waals surface area contributed by atoms with Gasteiger partial charge in [0, 0.05) is 0 Å². The molecule has 2 nitrogen and oxygen atoms in total. The molecule has 0 bridgehead atoms. The van der Waals surface area contributed by atoms with Crippen LogP contribution in [0.3, 0.4) is 0 Å². The van der Waals surface area contributed by atoms with Crippen molar-refractivity contribution in [3.8, 4) is 0 Å². The van der Waals surface area contributed by atoms with E-state index in [0.717, 1.165) is 0 Å². The lowest BCUT2D eigenvalue weighted by Crippen LogP contribution is -2.12. The molecule has 0 aliphatic heterocycles. The van der Waals surface area contributed by atoms with Crippen molar-refractivity contribution in [1.82, 2.24) is 4.98 Å². The minimum absolute atomic E-state index is 0.156. The van der Waals surface area contributed by atoms with Gasteiger partial charge < -0.3 is 4.44 Å². The van der Waals surface area contributed by atoms with E-state index in [1.165, 1.54) is 32.6 Å². The molecule has 2 atom stereocenters. The van der Waals surface area contributed by atoms with Crippen molar-refractivity contribution < 1.29 is 13.2 Å². The second kappa shape index (κ2) is 5.83. The molecule has 116 valence electrons. The standard InChI is InChI=1S/C13H16ClF3N2P2/c1-7-6-10(18-12(14)11(7)13(15,16)17)19(20-8-2-3-8)21-9-4-5-9/h6,8-9,20-21H,2-5H2,1H3. The van der Waals surface area contributed by atoms with E-state index in [1.807, 2.05) is 0 Å². The predicted molar refractivity (Wildman–Crippen MR) is 84.1 cm³/mol. The number of halogens is 4. The van der Waals surface area contributed by atoms with Crippen molar-refractivity contribution in [1.29, 1.82) is 0 Å². The molecule has 2 saturated carbocycles. The molecule has 1 aromatic rings. The van der Waals surface area contributed by atoms with Crippen LogP contribution in [0.4, 0.5) is 19.0 Å². The summed E-state index contributed by atoms with van der Waals surface area (Å²) in [5, 5.41) is -0.427. The molecule has 1 aromatic heterocycles. The number of rotatable bonds is 5. The third-order valence-electron chi connectivity index (χ3n) is 3.45. The van der Waals surface area contributed by atoms with E-state index < -0.39 is 16.9 Å². The van der Waals surface area contributed by atoms with Gasteiger partial charge in [-0.25, -0.2) is 4.98 Å². The maximum absolute atomic E-state index is 12.9. The summed E-state index contributed by atoms with van der Waals surface area (Å²) in [6, 6.07) is 1.54. The fourth-order valence-electron chi connectivity index (χ4n) is 2.03. The fraction of sp³-hybridized carbons (Fsp3) is 0.615. The van der Waals surface area contributed by atoms with Gasteiger partial charge in [0.15, 0.2) is 0 Å². The van der Waals surface area contributed by atoms with Crippen LogP contribution in [0.15, 0.2) is 6.07 Å². The van der Waals surface area contributed by atoms with Gasteiger partial charge in [0.25, 0.3) is 0 Å². The SMILES string of the molecule is Cc1cc(N(PC2CC2)PC2CC2)nc(Cl)c1C(F)(F)F. The highest BCUT2D eigenvalue weighted by atomic mass is 35.5. The molecule has 2 aliphatic rings. The Morgan fingerprint density at radius 3 is 2.10 bits per heavy atom. The Labute approximate surface area is 130 Å². The largest absolute Gasteiger partial charge is 0.419 e. The summed E-state index contributed by atoms with van der Waals surface area (Å²) in [5.74, 6) is 0.612. The molecular formula is C13H16ClF3N2P2. The minimum atomic E-state index is -4.45. The predicted octanol–water partition coefficient (Wildman–Crippen LogP) is 5.38. The van der Waals surface area contributed by atoms with Crippen LogP contribution in [0.1, 0.15) is 36.8 Å². The van der Waals surface area contributed by atoms with E-state index in [4.69, 9.17) is 11.6 Å². The first-order valence-corrected chi connectivity index (χ1v) is 9.34. The number of alkyl halides is 3. The molecule has 0 N–H and O–H groups in total. The summed E-state index contributed by atoms with van der Waals surface area (Å²) in [6.45, 7) is 1.46. The highest BCUT2D eigenvalue weighted by Crippen LogP contribution is 2.54. The van der Waals surface area contributed by atoms with Crippen LogP contribution in [-0.4, -0.2) is 16.3 Å². The number of pyridine rings is 1. The Morgan fingerprint density at radius 2 is 1.71 bits per heavy atom. The molecule has 0 saturated heterocycles. The quantitative estimate of drug-likeness (QED) is 0.521. The first-order valence-electron chi connectivity index (χ1n) is 6.91. The van der Waals surface area contributed by atoms with Crippen LogP contribution in [0.25, 0.3) is 0 Å². The van der Waals surface area contributed by atoms with Gasteiger partial charge >= 0.3 is 6.18 Å². The van der Waals surface area contributed by atoms with Crippen LogP contribution in [0, 0.1) is 6.92 Å². The summed E-state index contributed by atoms with van der Waals surface area (Å²) in [6.07, 6.45) is 0.429. The summed E-state index contributed by atoms with van der Waals surface area (Å²) in [4.78, 5) is 4.05. The van der Waals surface area contributed by atoms with Crippen LogP contribution in [0.5, 0.6) is 0 Å². The first kappa shape index (κ1) is 15.8. The zero-order valence-electron chi connectivity index (χ0n) is 11.5. The number of hydrogen-bond acceptors (Lipinski definition) is 2. The molecule has 2 fully saturated rings. The lowest BCUT2D eigenvalue weighted by atomic mass is 10.1. The average molecular weight is 355 g/mol. The Kier molecular flexibility index (Phi) is 4.38. The fourth-order valence-corrected chi connectivity index (χ4v) is 5.84. The van der Waals surface area contributed by atoms with Gasteiger partial charge in [0.05, 0.1) is 5.56 Å². The maximum Gasteiger partial charge on any atom is 0.419 e. The number of nitrogens with zero attached hydrogens (tertiary/aromatic N) is 2. The van der Waals surface area contributed by atoms with Crippen molar-refractivity contribution in [2.75, 3.05) is 4.44 Å². The second-order valence-electron chi connectivity index (χ2n) is 5.60. The third kappa shape index (κ3) is 4.00. The Bertz CT molecular complexity index is 508. The number of aromatic nitrogens is 1. The first-order chi connectivity index (χ1) is 9.84. The van der Waals surface area contributed by atoms with Crippen molar-refractivity contribution >= 4 is 34.9 Å². The van der Waals surface area contributed by atoms with Gasteiger partial charge in [-0.15, -0.1) is 0 Å². The molecule has 3 rings (SSSR count). The Morgan fingerprint density at radius 1 is 1.19 bits per heavy atom. The minimum Gasteiger partial charge on any atom is -0.319 e. The molecular weight excluding hydrogens is 339 g/mol. The molecule has 1 heterocycles. The van der Waals surface area contributed by atoms with E-state index >= 15 is 0 Å². The highest BCUT2D eigenvalue weighted by molar-refractivity contribution is 7.60. The topological polar surface area (TPSA) is 16.1 Å². The van der Waals surface area contributed by atoms with Crippen LogP contribution in [-0.2, 0) is 6.18 Å². The third-order valence-corrected chi connectivity index (χ3v) is 7.36. The van der Waals surface area contributed by atoms with E-state index in [1.54, 1.807) is 6.07 Å². The lowest BCUT2D eigenvalue weighted by molar-refractivity contribution is -0.138. The molecule has 0 radical (unpaired) electrons. The molecule has 21 heavy (non-hydrogen) atoms. The number of hydrogen-bond donors (Lipinski definition) is 0. The normalized spacial score (nSPS) is 20.0. The molecule has 8 heteroatoms. The molecule has 0 amide bonds. The van der Waals surface area contributed by atoms with E-state index in [0.29, 0.717) is 34.6 Å². The molecule has 0 aromatic carbocycles. The zero-order valence-corrected chi connectivity index (χ0v) is 14.2. The number of anilines is 1. The van der Waals surface area contributed by atoms with E-state index in [2.05, 4.69) is 9.42 Å². The Balaban J connectivity index is 1.88. The van der Waals surface area contributed by atoms with Crippen molar-refractivity contribution in [2.45, 2.75) is 50.1 Å². The smallest absolute Gasteiger partial charge is 0.319 e. The molecule has 2 unspecified atom stereocenters. The van der Waals surface area contributed by atoms with Gasteiger partial charge in [-0.1, -0.05) is 11.6 Å². The summed E-state index contributed by atoms with van der Waals surface area (Å²) in [5.41, 5.74) is 0.736. The van der Waals surface area contributed by atoms with E-state index in [9.17, 15) is 13.2 Å². The van der Waals surface area contributed by atoms with Crippen LogP contribution < -0.4 is 4.44 Å². The number of aryl methyl sites for hydroxylation is 1. The Hall–Kier alpha value is -0.110. The second-order valence-corrected chi connectivity index (χ2v) is 9.45. The summed E-state index contributed by atoms with van der Waals surface area (Å²) < 4.78 is 41.0. The highest BCUT2D eigenvalue weighted by Gasteiger charge is 2.37. The van der Waals surface area contributed by atoms with Crippen LogP contribution in [0.2, 0.25) is 5.15 Å². The average Bonchev–Trinajstić information content (AvgIpc) is 3.19. The monoisotopic (exact) mass is 354 g/mol.